The number of carbonyl (C=O) groups excluding carboxylic acids is 2. The van der Waals surface area contributed by atoms with E-state index < -0.39 is 5.97 Å². The fourth-order valence-corrected chi connectivity index (χ4v) is 2.14. The van der Waals surface area contributed by atoms with E-state index in [1.165, 1.54) is 19.1 Å². The Balaban J connectivity index is 2.30. The topological polar surface area (TPSA) is 43.4 Å². The van der Waals surface area contributed by atoms with E-state index in [2.05, 4.69) is 0 Å². The summed E-state index contributed by atoms with van der Waals surface area (Å²) in [6.45, 7) is 1.40. The maximum atomic E-state index is 12.1. The molecule has 0 N–H and O–H groups in total. The summed E-state index contributed by atoms with van der Waals surface area (Å²) < 4.78 is 5.23. The van der Waals surface area contributed by atoms with Crippen molar-refractivity contribution in [3.63, 3.8) is 0 Å². The van der Waals surface area contributed by atoms with Crippen LogP contribution in [0.15, 0.2) is 42.5 Å². The van der Waals surface area contributed by atoms with Gasteiger partial charge < -0.3 is 4.74 Å². The molecule has 102 valence electrons. The maximum absolute atomic E-state index is 12.1. The number of esters is 1. The van der Waals surface area contributed by atoms with Gasteiger partial charge >= 0.3 is 5.97 Å². The molecule has 0 aliphatic carbocycles. The Hall–Kier alpha value is -1.84. The largest absolute Gasteiger partial charge is 0.422 e. The second kappa shape index (κ2) is 6.07. The first kappa shape index (κ1) is 14.6. The Morgan fingerprint density at radius 1 is 1.00 bits per heavy atom. The number of hydrogen-bond donors (Lipinski definition) is 0. The molecule has 0 radical (unpaired) electrons. The van der Waals surface area contributed by atoms with E-state index >= 15 is 0 Å². The first-order valence-electron chi connectivity index (χ1n) is 5.76. The zero-order valence-corrected chi connectivity index (χ0v) is 12.0. The SMILES string of the molecule is CC(=O)c1ccccc1OC(=O)c1ccc(Cl)cc1Cl. The van der Waals surface area contributed by atoms with Crippen LogP contribution in [0.5, 0.6) is 5.75 Å². The van der Waals surface area contributed by atoms with Crippen molar-refractivity contribution in [2.24, 2.45) is 0 Å². The number of ketones is 1. The summed E-state index contributed by atoms with van der Waals surface area (Å²) in [6, 6.07) is 11.0. The number of rotatable bonds is 3. The van der Waals surface area contributed by atoms with Crippen LogP contribution in [0.4, 0.5) is 0 Å². The summed E-state index contributed by atoms with van der Waals surface area (Å²) in [4.78, 5) is 23.5. The fourth-order valence-electron chi connectivity index (χ4n) is 1.66. The highest BCUT2D eigenvalue weighted by atomic mass is 35.5. The average Bonchev–Trinajstić information content (AvgIpc) is 2.38. The van der Waals surface area contributed by atoms with Gasteiger partial charge in [0.25, 0.3) is 0 Å². The molecule has 0 atom stereocenters. The normalized spacial score (nSPS) is 10.2. The van der Waals surface area contributed by atoms with Gasteiger partial charge in [0.05, 0.1) is 16.1 Å². The molecule has 0 aliphatic rings. The molecule has 0 aliphatic heterocycles. The number of ether oxygens (including phenoxy) is 1. The van der Waals surface area contributed by atoms with E-state index in [0.717, 1.165) is 0 Å². The van der Waals surface area contributed by atoms with Crippen molar-refractivity contribution in [1.29, 1.82) is 0 Å². The lowest BCUT2D eigenvalue weighted by Crippen LogP contribution is -2.11. The van der Waals surface area contributed by atoms with Crippen molar-refractivity contribution in [3.05, 3.63) is 63.6 Å². The standard InChI is InChI=1S/C15H10Cl2O3/c1-9(18)11-4-2-3-5-14(11)20-15(19)12-7-6-10(16)8-13(12)17/h2-8H,1H3. The number of Topliss-reactive ketones (excluding diaryl/α,β-unsaturated/α-hetero) is 1. The molecule has 0 fully saturated rings. The molecule has 0 bridgehead atoms. The summed E-state index contributed by atoms with van der Waals surface area (Å²) >= 11 is 11.7. The molecule has 0 saturated heterocycles. The molecule has 5 heteroatoms. The van der Waals surface area contributed by atoms with E-state index in [4.69, 9.17) is 27.9 Å². The summed E-state index contributed by atoms with van der Waals surface area (Å²) in [5, 5.41) is 0.624. The van der Waals surface area contributed by atoms with Crippen LogP contribution in [-0.4, -0.2) is 11.8 Å². The van der Waals surface area contributed by atoms with Gasteiger partial charge in [-0.3, -0.25) is 4.79 Å². The third-order valence-electron chi connectivity index (χ3n) is 2.62. The molecule has 2 aromatic rings. The third kappa shape index (κ3) is 3.18. The molecular formula is C15H10Cl2O3. The van der Waals surface area contributed by atoms with Gasteiger partial charge in [-0.15, -0.1) is 0 Å². The van der Waals surface area contributed by atoms with Crippen LogP contribution in [0.25, 0.3) is 0 Å². The first-order chi connectivity index (χ1) is 9.49. The lowest BCUT2D eigenvalue weighted by atomic mass is 10.1. The molecule has 2 aromatic carbocycles. The predicted molar refractivity (Wildman–Crippen MR) is 77.9 cm³/mol. The highest BCUT2D eigenvalue weighted by molar-refractivity contribution is 6.36. The van der Waals surface area contributed by atoms with Crippen LogP contribution in [0.1, 0.15) is 27.6 Å². The van der Waals surface area contributed by atoms with Crippen LogP contribution in [0.3, 0.4) is 0 Å². The molecular weight excluding hydrogens is 299 g/mol. The Bertz CT molecular complexity index is 681. The summed E-state index contributed by atoms with van der Waals surface area (Å²) in [6.07, 6.45) is 0. The molecule has 0 saturated carbocycles. The van der Waals surface area contributed by atoms with Gasteiger partial charge in [0.1, 0.15) is 5.75 Å². The minimum absolute atomic E-state index is 0.185. The Labute approximate surface area is 126 Å². The highest BCUT2D eigenvalue weighted by Gasteiger charge is 2.16. The minimum Gasteiger partial charge on any atom is -0.422 e. The van der Waals surface area contributed by atoms with Crippen molar-refractivity contribution in [1.82, 2.24) is 0 Å². The quantitative estimate of drug-likeness (QED) is 0.479. The number of benzene rings is 2. The lowest BCUT2D eigenvalue weighted by Gasteiger charge is -2.09. The van der Waals surface area contributed by atoms with Gasteiger partial charge in [-0.25, -0.2) is 4.79 Å². The number of halogens is 2. The number of hydrogen-bond acceptors (Lipinski definition) is 3. The van der Waals surface area contributed by atoms with Crippen molar-refractivity contribution in [2.45, 2.75) is 6.92 Å². The Morgan fingerprint density at radius 2 is 1.70 bits per heavy atom. The van der Waals surface area contributed by atoms with Crippen LogP contribution in [0, 0.1) is 0 Å². The molecule has 2 rings (SSSR count). The van der Waals surface area contributed by atoms with E-state index in [0.29, 0.717) is 10.6 Å². The average molecular weight is 309 g/mol. The second-order valence-corrected chi connectivity index (χ2v) is 4.91. The number of para-hydroxylation sites is 1. The fraction of sp³-hybridized carbons (Fsp3) is 0.0667. The smallest absolute Gasteiger partial charge is 0.345 e. The van der Waals surface area contributed by atoms with E-state index in [1.54, 1.807) is 30.3 Å². The van der Waals surface area contributed by atoms with Gasteiger partial charge in [0.15, 0.2) is 5.78 Å². The summed E-state index contributed by atoms with van der Waals surface area (Å²) in [5.74, 6) is -0.619. The summed E-state index contributed by atoms with van der Waals surface area (Å²) in [7, 11) is 0. The minimum atomic E-state index is -0.639. The van der Waals surface area contributed by atoms with Crippen LogP contribution < -0.4 is 4.74 Å². The third-order valence-corrected chi connectivity index (χ3v) is 3.17. The van der Waals surface area contributed by atoms with Gasteiger partial charge in [-0.1, -0.05) is 35.3 Å². The zero-order chi connectivity index (χ0) is 14.7. The molecule has 0 heterocycles. The molecule has 3 nitrogen and oxygen atoms in total. The zero-order valence-electron chi connectivity index (χ0n) is 10.5. The second-order valence-electron chi connectivity index (χ2n) is 4.07. The highest BCUT2D eigenvalue weighted by Crippen LogP contribution is 2.24. The summed E-state index contributed by atoms with van der Waals surface area (Å²) in [5.41, 5.74) is 0.528. The molecule has 20 heavy (non-hydrogen) atoms. The Kier molecular flexibility index (Phi) is 4.42. The van der Waals surface area contributed by atoms with Crippen molar-refractivity contribution < 1.29 is 14.3 Å². The van der Waals surface area contributed by atoms with Crippen molar-refractivity contribution in [3.8, 4) is 5.75 Å². The van der Waals surface area contributed by atoms with Gasteiger partial charge in [-0.2, -0.15) is 0 Å². The van der Waals surface area contributed by atoms with E-state index in [1.807, 2.05) is 0 Å². The monoisotopic (exact) mass is 308 g/mol. The van der Waals surface area contributed by atoms with Crippen LogP contribution >= 0.6 is 23.2 Å². The van der Waals surface area contributed by atoms with Crippen LogP contribution in [0.2, 0.25) is 10.0 Å². The van der Waals surface area contributed by atoms with Crippen molar-refractivity contribution >= 4 is 35.0 Å². The molecule has 0 spiro atoms. The van der Waals surface area contributed by atoms with Gasteiger partial charge in [0, 0.05) is 5.02 Å². The van der Waals surface area contributed by atoms with E-state index in [9.17, 15) is 9.59 Å². The Morgan fingerprint density at radius 3 is 2.35 bits per heavy atom. The first-order valence-corrected chi connectivity index (χ1v) is 6.52. The molecule has 0 unspecified atom stereocenters. The van der Waals surface area contributed by atoms with Gasteiger partial charge in [-0.05, 0) is 37.3 Å². The van der Waals surface area contributed by atoms with Gasteiger partial charge in [0.2, 0.25) is 0 Å². The predicted octanol–water partition coefficient (Wildman–Crippen LogP) is 4.42. The van der Waals surface area contributed by atoms with Crippen molar-refractivity contribution in [2.75, 3.05) is 0 Å². The number of carbonyl (C=O) groups is 2. The van der Waals surface area contributed by atoms with E-state index in [-0.39, 0.29) is 22.1 Å². The maximum Gasteiger partial charge on any atom is 0.345 e. The lowest BCUT2D eigenvalue weighted by molar-refractivity contribution is 0.0733. The molecule has 0 amide bonds. The van der Waals surface area contributed by atoms with Crippen LogP contribution in [-0.2, 0) is 0 Å². The molecule has 0 aromatic heterocycles.